The molecular weight excluding hydrogens is 523 g/mol. The standard InChI is InChI=1S/C20H18BrIN2O3/c1-12(2)27-19-17(22)9-13(10-18(19)26-3)8-14(11-23)20(25)24-16-6-4-15(21)5-7-16/h4-10,12H,1-3H3,(H,24,25)/b14-8+. The zero-order valence-electron chi connectivity index (χ0n) is 15.0. The summed E-state index contributed by atoms with van der Waals surface area (Å²) in [5.41, 5.74) is 1.28. The predicted molar refractivity (Wildman–Crippen MR) is 118 cm³/mol. The molecule has 2 aromatic carbocycles. The zero-order chi connectivity index (χ0) is 20.0. The van der Waals surface area contributed by atoms with E-state index in [4.69, 9.17) is 9.47 Å². The highest BCUT2D eigenvalue weighted by Gasteiger charge is 2.15. The quantitative estimate of drug-likeness (QED) is 0.303. The molecule has 0 fully saturated rings. The lowest BCUT2D eigenvalue weighted by Crippen LogP contribution is -2.13. The van der Waals surface area contributed by atoms with Gasteiger partial charge < -0.3 is 14.8 Å². The molecule has 0 saturated heterocycles. The van der Waals surface area contributed by atoms with Crippen molar-refractivity contribution in [1.82, 2.24) is 0 Å². The number of nitrogens with zero attached hydrogens (tertiary/aromatic N) is 1. The lowest BCUT2D eigenvalue weighted by molar-refractivity contribution is -0.112. The molecule has 0 saturated carbocycles. The average molecular weight is 541 g/mol. The van der Waals surface area contributed by atoms with Gasteiger partial charge in [0.1, 0.15) is 11.6 Å². The highest BCUT2D eigenvalue weighted by atomic mass is 127. The third-order valence-corrected chi connectivity index (χ3v) is 4.71. The Kier molecular flexibility index (Phi) is 7.68. The molecule has 0 bridgehead atoms. The van der Waals surface area contributed by atoms with Crippen LogP contribution in [0.3, 0.4) is 0 Å². The maximum Gasteiger partial charge on any atom is 0.266 e. The highest BCUT2D eigenvalue weighted by molar-refractivity contribution is 14.1. The van der Waals surface area contributed by atoms with Crippen LogP contribution >= 0.6 is 38.5 Å². The molecule has 140 valence electrons. The molecule has 0 aromatic heterocycles. The van der Waals surface area contributed by atoms with Crippen molar-refractivity contribution in [3.63, 3.8) is 0 Å². The second-order valence-corrected chi connectivity index (χ2v) is 7.91. The van der Waals surface area contributed by atoms with Crippen LogP contribution in [-0.4, -0.2) is 19.1 Å². The first kappa shape index (κ1) is 21.3. The summed E-state index contributed by atoms with van der Waals surface area (Å²) in [6.45, 7) is 3.87. The third kappa shape index (κ3) is 5.97. The van der Waals surface area contributed by atoms with Crippen LogP contribution < -0.4 is 14.8 Å². The van der Waals surface area contributed by atoms with E-state index in [0.717, 1.165) is 8.04 Å². The predicted octanol–water partition coefficient (Wildman–Crippen LogP) is 5.40. The maximum absolute atomic E-state index is 12.4. The molecule has 7 heteroatoms. The number of amides is 1. The Hall–Kier alpha value is -2.05. The molecule has 27 heavy (non-hydrogen) atoms. The van der Waals surface area contributed by atoms with Crippen molar-refractivity contribution in [1.29, 1.82) is 5.26 Å². The maximum atomic E-state index is 12.4. The fraction of sp³-hybridized carbons (Fsp3) is 0.200. The Bertz CT molecular complexity index is 903. The minimum atomic E-state index is -0.476. The Morgan fingerprint density at radius 2 is 1.96 bits per heavy atom. The average Bonchev–Trinajstić information content (AvgIpc) is 2.63. The molecule has 0 atom stereocenters. The summed E-state index contributed by atoms with van der Waals surface area (Å²) in [5, 5.41) is 12.1. The number of carbonyl (C=O) groups excluding carboxylic acids is 1. The lowest BCUT2D eigenvalue weighted by atomic mass is 10.1. The number of nitrogens with one attached hydrogen (secondary N) is 1. The fourth-order valence-electron chi connectivity index (χ4n) is 2.22. The number of halogens is 2. The number of benzene rings is 2. The number of anilines is 1. The number of methoxy groups -OCH3 is 1. The summed E-state index contributed by atoms with van der Waals surface area (Å²) >= 11 is 5.48. The monoisotopic (exact) mass is 540 g/mol. The summed E-state index contributed by atoms with van der Waals surface area (Å²) in [5.74, 6) is 0.715. The van der Waals surface area contributed by atoms with Crippen LogP contribution in [-0.2, 0) is 4.79 Å². The number of rotatable bonds is 6. The summed E-state index contributed by atoms with van der Waals surface area (Å²) in [4.78, 5) is 12.4. The number of nitriles is 1. The fourth-order valence-corrected chi connectivity index (χ4v) is 3.24. The Labute approximate surface area is 180 Å². The molecule has 5 nitrogen and oxygen atoms in total. The molecule has 1 amide bonds. The molecule has 0 unspecified atom stereocenters. The third-order valence-electron chi connectivity index (χ3n) is 3.38. The van der Waals surface area contributed by atoms with Crippen LogP contribution in [0.15, 0.2) is 46.4 Å². The Balaban J connectivity index is 2.31. The Morgan fingerprint density at radius 3 is 2.52 bits per heavy atom. The first-order valence-corrected chi connectivity index (χ1v) is 9.94. The van der Waals surface area contributed by atoms with Crippen LogP contribution in [0.4, 0.5) is 5.69 Å². The van der Waals surface area contributed by atoms with Crippen molar-refractivity contribution in [2.75, 3.05) is 12.4 Å². The van der Waals surface area contributed by atoms with Gasteiger partial charge in [0.25, 0.3) is 5.91 Å². The van der Waals surface area contributed by atoms with Crippen LogP contribution in [0.5, 0.6) is 11.5 Å². The van der Waals surface area contributed by atoms with E-state index in [-0.39, 0.29) is 11.7 Å². The van der Waals surface area contributed by atoms with E-state index < -0.39 is 5.91 Å². The van der Waals surface area contributed by atoms with Gasteiger partial charge in [-0.25, -0.2) is 0 Å². The SMILES string of the molecule is COc1cc(/C=C(\C#N)C(=O)Nc2ccc(Br)cc2)cc(I)c1OC(C)C. The first-order chi connectivity index (χ1) is 12.8. The van der Waals surface area contributed by atoms with Gasteiger partial charge in [0.15, 0.2) is 11.5 Å². The van der Waals surface area contributed by atoms with Gasteiger partial charge in [-0.3, -0.25) is 4.79 Å². The summed E-state index contributed by atoms with van der Waals surface area (Å²) < 4.78 is 12.9. The van der Waals surface area contributed by atoms with Crippen molar-refractivity contribution >= 4 is 56.2 Å². The van der Waals surface area contributed by atoms with E-state index >= 15 is 0 Å². The number of carbonyl (C=O) groups is 1. The highest BCUT2D eigenvalue weighted by Crippen LogP contribution is 2.35. The summed E-state index contributed by atoms with van der Waals surface area (Å²) in [6.07, 6.45) is 1.53. The van der Waals surface area contributed by atoms with Crippen LogP contribution in [0.1, 0.15) is 19.4 Å². The second kappa shape index (κ2) is 9.76. The molecule has 2 aromatic rings. The normalized spacial score (nSPS) is 11.1. The molecule has 0 aliphatic carbocycles. The van der Waals surface area contributed by atoms with Gasteiger partial charge >= 0.3 is 0 Å². The van der Waals surface area contributed by atoms with E-state index in [1.54, 1.807) is 25.3 Å². The van der Waals surface area contributed by atoms with Gasteiger partial charge in [-0.05, 0) is 84.5 Å². The van der Waals surface area contributed by atoms with E-state index in [1.807, 2.05) is 38.1 Å². The van der Waals surface area contributed by atoms with E-state index in [0.29, 0.717) is 22.7 Å². The Morgan fingerprint density at radius 1 is 1.30 bits per heavy atom. The van der Waals surface area contributed by atoms with Crippen molar-refractivity contribution in [2.45, 2.75) is 20.0 Å². The van der Waals surface area contributed by atoms with Crippen molar-refractivity contribution < 1.29 is 14.3 Å². The number of hydrogen-bond acceptors (Lipinski definition) is 4. The molecule has 2 rings (SSSR count). The van der Waals surface area contributed by atoms with Gasteiger partial charge in [0.05, 0.1) is 16.8 Å². The van der Waals surface area contributed by atoms with E-state index in [2.05, 4.69) is 43.8 Å². The first-order valence-electron chi connectivity index (χ1n) is 8.07. The van der Waals surface area contributed by atoms with Crippen LogP contribution in [0.25, 0.3) is 6.08 Å². The minimum Gasteiger partial charge on any atom is -0.493 e. The van der Waals surface area contributed by atoms with Crippen molar-refractivity contribution in [3.05, 3.63) is 55.6 Å². The zero-order valence-corrected chi connectivity index (χ0v) is 18.8. The molecule has 0 spiro atoms. The molecule has 0 aliphatic heterocycles. The molecule has 1 N–H and O–H groups in total. The van der Waals surface area contributed by atoms with E-state index in [1.165, 1.54) is 6.08 Å². The molecular formula is C20H18BrIN2O3. The van der Waals surface area contributed by atoms with Gasteiger partial charge in [0.2, 0.25) is 0 Å². The van der Waals surface area contributed by atoms with Gasteiger partial charge in [-0.2, -0.15) is 5.26 Å². The topological polar surface area (TPSA) is 71.3 Å². The molecule has 0 heterocycles. The number of ether oxygens (including phenoxy) is 2. The van der Waals surface area contributed by atoms with Crippen molar-refractivity contribution in [2.24, 2.45) is 0 Å². The minimum absolute atomic E-state index is 0.000152. The lowest BCUT2D eigenvalue weighted by Gasteiger charge is -2.16. The molecule has 0 radical (unpaired) electrons. The summed E-state index contributed by atoms with van der Waals surface area (Å²) in [6, 6.07) is 12.7. The summed E-state index contributed by atoms with van der Waals surface area (Å²) in [7, 11) is 1.55. The van der Waals surface area contributed by atoms with Gasteiger partial charge in [-0.15, -0.1) is 0 Å². The van der Waals surface area contributed by atoms with E-state index in [9.17, 15) is 10.1 Å². The number of hydrogen-bond donors (Lipinski definition) is 1. The van der Waals surface area contributed by atoms with Crippen LogP contribution in [0, 0.1) is 14.9 Å². The van der Waals surface area contributed by atoms with Crippen molar-refractivity contribution in [3.8, 4) is 17.6 Å². The van der Waals surface area contributed by atoms with Gasteiger partial charge in [0, 0.05) is 10.2 Å². The smallest absolute Gasteiger partial charge is 0.266 e. The van der Waals surface area contributed by atoms with Gasteiger partial charge in [-0.1, -0.05) is 15.9 Å². The second-order valence-electron chi connectivity index (χ2n) is 5.83. The molecule has 0 aliphatic rings. The van der Waals surface area contributed by atoms with Crippen LogP contribution in [0.2, 0.25) is 0 Å². The largest absolute Gasteiger partial charge is 0.493 e.